The number of rotatable bonds is 4. The highest BCUT2D eigenvalue weighted by Gasteiger charge is 2.25. The number of ether oxygens (including phenoxy) is 1. The summed E-state index contributed by atoms with van der Waals surface area (Å²) < 4.78 is 30.7. The number of hydrogen-bond donors (Lipinski definition) is 1. The average Bonchev–Trinajstić information content (AvgIpc) is 3.01. The molecule has 0 radical (unpaired) electrons. The Bertz CT molecular complexity index is 549. The SMILES string of the molecule is O=S1(=O)CCCC(Nc2cnn(CC3CCCO3)c2)C1. The summed E-state index contributed by atoms with van der Waals surface area (Å²) in [6.45, 7) is 1.61. The van der Waals surface area contributed by atoms with Gasteiger partial charge in [-0.1, -0.05) is 0 Å². The summed E-state index contributed by atoms with van der Waals surface area (Å²) in [5.41, 5.74) is 0.894. The Balaban J connectivity index is 1.56. The number of aromatic nitrogens is 2. The molecule has 3 heterocycles. The van der Waals surface area contributed by atoms with Crippen LogP contribution in [0.25, 0.3) is 0 Å². The summed E-state index contributed by atoms with van der Waals surface area (Å²) in [6, 6.07) is 0.00845. The van der Waals surface area contributed by atoms with E-state index in [2.05, 4.69) is 10.4 Å². The van der Waals surface area contributed by atoms with E-state index in [1.54, 1.807) is 6.20 Å². The van der Waals surface area contributed by atoms with Gasteiger partial charge in [0.1, 0.15) is 0 Å². The normalized spacial score (nSPS) is 29.4. The molecule has 20 heavy (non-hydrogen) atoms. The smallest absolute Gasteiger partial charge is 0.152 e. The Morgan fingerprint density at radius 2 is 2.30 bits per heavy atom. The topological polar surface area (TPSA) is 73.2 Å². The van der Waals surface area contributed by atoms with Crippen LogP contribution in [-0.4, -0.2) is 48.5 Å². The first-order chi connectivity index (χ1) is 9.61. The third-order valence-electron chi connectivity index (χ3n) is 3.88. The van der Waals surface area contributed by atoms with Crippen molar-refractivity contribution in [2.45, 2.75) is 44.4 Å². The van der Waals surface area contributed by atoms with Crippen LogP contribution in [0.3, 0.4) is 0 Å². The van der Waals surface area contributed by atoms with E-state index in [1.165, 1.54) is 0 Å². The molecule has 2 atom stereocenters. The zero-order valence-corrected chi connectivity index (χ0v) is 12.3. The van der Waals surface area contributed by atoms with Crippen molar-refractivity contribution in [1.29, 1.82) is 0 Å². The lowest BCUT2D eigenvalue weighted by Gasteiger charge is -2.23. The molecule has 7 heteroatoms. The Morgan fingerprint density at radius 1 is 1.40 bits per heavy atom. The summed E-state index contributed by atoms with van der Waals surface area (Å²) in [4.78, 5) is 0. The maximum Gasteiger partial charge on any atom is 0.152 e. The molecule has 2 saturated heterocycles. The maximum atomic E-state index is 11.6. The van der Waals surface area contributed by atoms with Gasteiger partial charge in [-0.15, -0.1) is 0 Å². The van der Waals surface area contributed by atoms with Gasteiger partial charge in [0.2, 0.25) is 0 Å². The van der Waals surface area contributed by atoms with Crippen LogP contribution in [0.4, 0.5) is 5.69 Å². The van der Waals surface area contributed by atoms with Crippen molar-refractivity contribution in [1.82, 2.24) is 9.78 Å². The lowest BCUT2D eigenvalue weighted by atomic mass is 10.2. The van der Waals surface area contributed by atoms with Crippen molar-refractivity contribution >= 4 is 15.5 Å². The van der Waals surface area contributed by atoms with E-state index >= 15 is 0 Å². The lowest BCUT2D eigenvalue weighted by molar-refractivity contribution is 0.0940. The lowest BCUT2D eigenvalue weighted by Crippen LogP contribution is -2.34. The molecule has 1 aromatic rings. The van der Waals surface area contributed by atoms with Gasteiger partial charge in [-0.3, -0.25) is 4.68 Å². The van der Waals surface area contributed by atoms with Gasteiger partial charge in [0.15, 0.2) is 9.84 Å². The quantitative estimate of drug-likeness (QED) is 0.899. The number of hydrogen-bond acceptors (Lipinski definition) is 5. The van der Waals surface area contributed by atoms with Gasteiger partial charge < -0.3 is 10.1 Å². The Kier molecular flexibility index (Phi) is 3.98. The highest BCUT2D eigenvalue weighted by atomic mass is 32.2. The first-order valence-electron chi connectivity index (χ1n) is 7.22. The summed E-state index contributed by atoms with van der Waals surface area (Å²) in [7, 11) is -2.87. The van der Waals surface area contributed by atoms with Crippen LogP contribution in [0.2, 0.25) is 0 Å². The number of sulfone groups is 1. The van der Waals surface area contributed by atoms with Crippen molar-refractivity contribution in [3.63, 3.8) is 0 Å². The molecule has 112 valence electrons. The zero-order valence-electron chi connectivity index (χ0n) is 11.5. The van der Waals surface area contributed by atoms with E-state index in [4.69, 9.17) is 4.74 Å². The van der Waals surface area contributed by atoms with Crippen LogP contribution in [-0.2, 0) is 21.1 Å². The fourth-order valence-electron chi connectivity index (χ4n) is 2.91. The van der Waals surface area contributed by atoms with Crippen LogP contribution in [0.1, 0.15) is 25.7 Å². The first kappa shape index (κ1) is 13.9. The molecule has 0 amide bonds. The van der Waals surface area contributed by atoms with Crippen LogP contribution >= 0.6 is 0 Å². The molecule has 2 unspecified atom stereocenters. The minimum atomic E-state index is -2.87. The highest BCUT2D eigenvalue weighted by Crippen LogP contribution is 2.18. The molecule has 6 nitrogen and oxygen atoms in total. The molecule has 1 aromatic heterocycles. The van der Waals surface area contributed by atoms with Crippen molar-refractivity contribution in [3.8, 4) is 0 Å². The molecule has 3 rings (SSSR count). The molecule has 2 fully saturated rings. The molecule has 0 aromatic carbocycles. The third-order valence-corrected chi connectivity index (χ3v) is 5.70. The van der Waals surface area contributed by atoms with Gasteiger partial charge in [0.05, 0.1) is 36.0 Å². The summed E-state index contributed by atoms with van der Waals surface area (Å²) in [5.74, 6) is 0.549. The van der Waals surface area contributed by atoms with Crippen LogP contribution in [0.5, 0.6) is 0 Å². The van der Waals surface area contributed by atoms with Gasteiger partial charge in [-0.2, -0.15) is 5.10 Å². The second-order valence-corrected chi connectivity index (χ2v) is 7.91. The van der Waals surface area contributed by atoms with Crippen LogP contribution in [0.15, 0.2) is 12.4 Å². The third kappa shape index (κ3) is 3.52. The summed E-state index contributed by atoms with van der Waals surface area (Å²) in [6.07, 6.45) is 7.80. The van der Waals surface area contributed by atoms with Crippen molar-refractivity contribution in [2.24, 2.45) is 0 Å². The monoisotopic (exact) mass is 299 g/mol. The van der Waals surface area contributed by atoms with Crippen molar-refractivity contribution < 1.29 is 13.2 Å². The minimum Gasteiger partial charge on any atom is -0.379 e. The van der Waals surface area contributed by atoms with E-state index in [9.17, 15) is 8.42 Å². The Morgan fingerprint density at radius 3 is 3.05 bits per heavy atom. The van der Waals surface area contributed by atoms with Gasteiger partial charge in [-0.25, -0.2) is 8.42 Å². The molecule has 2 aliphatic rings. The Labute approximate surface area is 119 Å². The molecular formula is C13H21N3O3S. The van der Waals surface area contributed by atoms with E-state index in [0.717, 1.165) is 44.5 Å². The predicted octanol–water partition coefficient (Wildman–Crippen LogP) is 1.05. The molecule has 0 saturated carbocycles. The molecule has 0 bridgehead atoms. The molecule has 0 spiro atoms. The van der Waals surface area contributed by atoms with Gasteiger partial charge in [0, 0.05) is 18.8 Å². The van der Waals surface area contributed by atoms with E-state index in [0.29, 0.717) is 5.75 Å². The highest BCUT2D eigenvalue weighted by molar-refractivity contribution is 7.91. The molecule has 0 aliphatic carbocycles. The zero-order chi connectivity index (χ0) is 14.0. The standard InChI is InChI=1S/C13H21N3O3S/c17-20(18)6-2-3-11(10-20)15-12-7-14-16(8-12)9-13-4-1-5-19-13/h7-8,11,13,15H,1-6,9-10H2. The number of anilines is 1. The van der Waals surface area contributed by atoms with Crippen LogP contribution < -0.4 is 5.32 Å². The molecule has 2 aliphatic heterocycles. The average molecular weight is 299 g/mol. The van der Waals surface area contributed by atoms with E-state index in [1.807, 2.05) is 10.9 Å². The predicted molar refractivity (Wildman–Crippen MR) is 76.5 cm³/mol. The first-order valence-corrected chi connectivity index (χ1v) is 9.04. The van der Waals surface area contributed by atoms with Crippen LogP contribution in [0, 0.1) is 0 Å². The summed E-state index contributed by atoms with van der Waals surface area (Å²) in [5, 5.41) is 7.58. The Hall–Kier alpha value is -1.08. The molecule has 1 N–H and O–H groups in total. The number of nitrogens with one attached hydrogen (secondary N) is 1. The second kappa shape index (κ2) is 5.73. The maximum absolute atomic E-state index is 11.6. The van der Waals surface area contributed by atoms with E-state index in [-0.39, 0.29) is 17.9 Å². The van der Waals surface area contributed by atoms with Gasteiger partial charge >= 0.3 is 0 Å². The summed E-state index contributed by atoms with van der Waals surface area (Å²) >= 11 is 0. The number of nitrogens with zero attached hydrogens (tertiary/aromatic N) is 2. The van der Waals surface area contributed by atoms with Gasteiger partial charge in [0.25, 0.3) is 0 Å². The fourth-order valence-corrected chi connectivity index (χ4v) is 4.54. The largest absolute Gasteiger partial charge is 0.379 e. The van der Waals surface area contributed by atoms with Gasteiger partial charge in [-0.05, 0) is 25.7 Å². The van der Waals surface area contributed by atoms with E-state index < -0.39 is 9.84 Å². The van der Waals surface area contributed by atoms with Crippen molar-refractivity contribution in [2.75, 3.05) is 23.4 Å². The fraction of sp³-hybridized carbons (Fsp3) is 0.769. The second-order valence-electron chi connectivity index (χ2n) is 5.68. The molecular weight excluding hydrogens is 278 g/mol. The van der Waals surface area contributed by atoms with Crippen molar-refractivity contribution in [3.05, 3.63) is 12.4 Å². The minimum absolute atomic E-state index is 0.00845.